The summed E-state index contributed by atoms with van der Waals surface area (Å²) in [5, 5.41) is 15.8. The van der Waals surface area contributed by atoms with Crippen molar-refractivity contribution >= 4 is 0 Å². The highest BCUT2D eigenvalue weighted by Gasteiger charge is 2.21. The maximum Gasteiger partial charge on any atom is 0.0680 e. The zero-order valence-corrected chi connectivity index (χ0v) is 8.42. The lowest BCUT2D eigenvalue weighted by atomic mass is 10.2. The first kappa shape index (κ1) is 10.9. The van der Waals surface area contributed by atoms with Gasteiger partial charge in [-0.3, -0.25) is 0 Å². The van der Waals surface area contributed by atoms with Crippen LogP contribution < -0.4 is 10.6 Å². The first-order valence-electron chi connectivity index (χ1n) is 4.87. The standard InChI is InChI=1S/C9H20N2O2/c1-7(13-2)4-10-5-8-3-9(12)6-11-8/h7-12H,3-6H2,1-2H3. The molecule has 0 bridgehead atoms. The predicted molar refractivity (Wildman–Crippen MR) is 51.8 cm³/mol. The predicted octanol–water partition coefficient (Wildman–Crippen LogP) is -0.666. The molecule has 78 valence electrons. The highest BCUT2D eigenvalue weighted by molar-refractivity contribution is 4.82. The summed E-state index contributed by atoms with van der Waals surface area (Å²) >= 11 is 0. The molecule has 1 aliphatic rings. The van der Waals surface area contributed by atoms with Gasteiger partial charge in [0.25, 0.3) is 0 Å². The molecule has 0 saturated carbocycles. The summed E-state index contributed by atoms with van der Waals surface area (Å²) in [6, 6.07) is 0.416. The fourth-order valence-corrected chi connectivity index (χ4v) is 1.50. The van der Waals surface area contributed by atoms with E-state index in [-0.39, 0.29) is 12.2 Å². The summed E-state index contributed by atoms with van der Waals surface area (Å²) in [6.07, 6.45) is 0.951. The number of hydrogen-bond donors (Lipinski definition) is 3. The van der Waals surface area contributed by atoms with Crippen LogP contribution in [-0.2, 0) is 4.74 Å². The second kappa shape index (κ2) is 5.54. The third-order valence-electron chi connectivity index (χ3n) is 2.42. The van der Waals surface area contributed by atoms with Crippen LogP contribution in [-0.4, -0.2) is 50.1 Å². The van der Waals surface area contributed by atoms with E-state index in [1.807, 2.05) is 6.92 Å². The van der Waals surface area contributed by atoms with Gasteiger partial charge in [0, 0.05) is 32.8 Å². The van der Waals surface area contributed by atoms with Gasteiger partial charge in [-0.2, -0.15) is 0 Å². The van der Waals surface area contributed by atoms with Crippen molar-refractivity contribution in [2.75, 3.05) is 26.7 Å². The van der Waals surface area contributed by atoms with E-state index >= 15 is 0 Å². The number of methoxy groups -OCH3 is 1. The number of aliphatic hydroxyl groups excluding tert-OH is 1. The molecule has 0 aromatic carbocycles. The topological polar surface area (TPSA) is 53.5 Å². The van der Waals surface area contributed by atoms with Crippen LogP contribution >= 0.6 is 0 Å². The minimum atomic E-state index is -0.161. The van der Waals surface area contributed by atoms with Crippen LogP contribution in [0, 0.1) is 0 Å². The molecule has 0 spiro atoms. The Balaban J connectivity index is 2.00. The van der Waals surface area contributed by atoms with Crippen LogP contribution in [0.4, 0.5) is 0 Å². The molecule has 0 radical (unpaired) electrons. The monoisotopic (exact) mass is 188 g/mol. The van der Waals surface area contributed by atoms with E-state index in [9.17, 15) is 5.11 Å². The van der Waals surface area contributed by atoms with Crippen molar-refractivity contribution in [1.82, 2.24) is 10.6 Å². The van der Waals surface area contributed by atoms with Crippen LogP contribution in [0.1, 0.15) is 13.3 Å². The molecule has 4 heteroatoms. The highest BCUT2D eigenvalue weighted by atomic mass is 16.5. The maximum absolute atomic E-state index is 9.24. The Labute approximate surface area is 79.7 Å². The minimum absolute atomic E-state index is 0.161. The minimum Gasteiger partial charge on any atom is -0.392 e. The van der Waals surface area contributed by atoms with Crippen LogP contribution in [0.3, 0.4) is 0 Å². The van der Waals surface area contributed by atoms with Gasteiger partial charge in [0.15, 0.2) is 0 Å². The molecular formula is C9H20N2O2. The lowest BCUT2D eigenvalue weighted by Crippen LogP contribution is -2.37. The zero-order valence-electron chi connectivity index (χ0n) is 8.42. The molecule has 1 aliphatic heterocycles. The van der Waals surface area contributed by atoms with Gasteiger partial charge in [-0.25, -0.2) is 0 Å². The van der Waals surface area contributed by atoms with Crippen LogP contribution in [0.15, 0.2) is 0 Å². The Morgan fingerprint density at radius 3 is 3.00 bits per heavy atom. The maximum atomic E-state index is 9.24. The van der Waals surface area contributed by atoms with E-state index in [2.05, 4.69) is 10.6 Å². The Bertz CT molecular complexity index is 144. The molecule has 0 amide bonds. The first-order valence-corrected chi connectivity index (χ1v) is 4.87. The van der Waals surface area contributed by atoms with Gasteiger partial charge in [0.2, 0.25) is 0 Å². The fourth-order valence-electron chi connectivity index (χ4n) is 1.50. The SMILES string of the molecule is COC(C)CNCC1CC(O)CN1. The van der Waals surface area contributed by atoms with Gasteiger partial charge in [-0.05, 0) is 13.3 Å². The van der Waals surface area contributed by atoms with Gasteiger partial charge in [-0.15, -0.1) is 0 Å². The molecule has 3 unspecified atom stereocenters. The van der Waals surface area contributed by atoms with Crippen molar-refractivity contribution in [2.24, 2.45) is 0 Å². The molecule has 1 heterocycles. The molecule has 3 atom stereocenters. The lowest BCUT2D eigenvalue weighted by molar-refractivity contribution is 0.116. The Hall–Kier alpha value is -0.160. The van der Waals surface area contributed by atoms with Crippen LogP contribution in [0.25, 0.3) is 0 Å². The Morgan fingerprint density at radius 1 is 1.69 bits per heavy atom. The first-order chi connectivity index (χ1) is 6.22. The molecule has 1 fully saturated rings. The number of rotatable bonds is 5. The summed E-state index contributed by atoms with van der Waals surface area (Å²) in [7, 11) is 1.71. The van der Waals surface area contributed by atoms with Crippen molar-refractivity contribution in [3.8, 4) is 0 Å². The summed E-state index contributed by atoms with van der Waals surface area (Å²) in [6.45, 7) is 4.53. The van der Waals surface area contributed by atoms with Crippen molar-refractivity contribution in [3.63, 3.8) is 0 Å². The third kappa shape index (κ3) is 4.04. The molecule has 0 aromatic rings. The van der Waals surface area contributed by atoms with E-state index < -0.39 is 0 Å². The number of ether oxygens (including phenoxy) is 1. The second-order valence-corrected chi connectivity index (χ2v) is 3.70. The van der Waals surface area contributed by atoms with E-state index in [1.54, 1.807) is 7.11 Å². The number of hydrogen-bond acceptors (Lipinski definition) is 4. The van der Waals surface area contributed by atoms with Crippen molar-refractivity contribution in [3.05, 3.63) is 0 Å². The van der Waals surface area contributed by atoms with Gasteiger partial charge in [0.05, 0.1) is 12.2 Å². The van der Waals surface area contributed by atoms with E-state index in [0.29, 0.717) is 6.04 Å². The molecule has 3 N–H and O–H groups in total. The quantitative estimate of drug-likeness (QED) is 0.536. The van der Waals surface area contributed by atoms with Crippen molar-refractivity contribution in [1.29, 1.82) is 0 Å². The summed E-state index contributed by atoms with van der Waals surface area (Å²) in [5.41, 5.74) is 0. The molecule has 0 aliphatic carbocycles. The molecule has 1 rings (SSSR count). The lowest BCUT2D eigenvalue weighted by Gasteiger charge is -2.14. The van der Waals surface area contributed by atoms with Gasteiger partial charge in [-0.1, -0.05) is 0 Å². The number of β-amino-alcohol motifs (C(OH)–C–C–N with tert-alkyl or cyclic N) is 1. The highest BCUT2D eigenvalue weighted by Crippen LogP contribution is 2.04. The average Bonchev–Trinajstić information content (AvgIpc) is 2.51. The molecule has 4 nitrogen and oxygen atoms in total. The summed E-state index contributed by atoms with van der Waals surface area (Å²) in [4.78, 5) is 0. The van der Waals surface area contributed by atoms with Crippen LogP contribution in [0.2, 0.25) is 0 Å². The normalized spacial score (nSPS) is 30.7. The average molecular weight is 188 g/mol. The van der Waals surface area contributed by atoms with E-state index in [0.717, 1.165) is 26.1 Å². The number of nitrogens with one attached hydrogen (secondary N) is 2. The third-order valence-corrected chi connectivity index (χ3v) is 2.42. The molecule has 13 heavy (non-hydrogen) atoms. The molecular weight excluding hydrogens is 168 g/mol. The Kier molecular flexibility index (Phi) is 4.66. The number of aliphatic hydroxyl groups is 1. The van der Waals surface area contributed by atoms with Crippen molar-refractivity contribution in [2.45, 2.75) is 31.6 Å². The van der Waals surface area contributed by atoms with Crippen molar-refractivity contribution < 1.29 is 9.84 Å². The van der Waals surface area contributed by atoms with Gasteiger partial charge >= 0.3 is 0 Å². The van der Waals surface area contributed by atoms with Gasteiger partial charge < -0.3 is 20.5 Å². The van der Waals surface area contributed by atoms with Crippen LogP contribution in [0.5, 0.6) is 0 Å². The summed E-state index contributed by atoms with van der Waals surface area (Å²) < 4.78 is 5.10. The largest absolute Gasteiger partial charge is 0.392 e. The zero-order chi connectivity index (χ0) is 9.68. The molecule has 1 saturated heterocycles. The fraction of sp³-hybridized carbons (Fsp3) is 1.00. The smallest absolute Gasteiger partial charge is 0.0680 e. The molecule has 0 aromatic heterocycles. The summed E-state index contributed by atoms with van der Waals surface area (Å²) in [5.74, 6) is 0. The Morgan fingerprint density at radius 2 is 2.46 bits per heavy atom. The second-order valence-electron chi connectivity index (χ2n) is 3.70. The van der Waals surface area contributed by atoms with E-state index in [4.69, 9.17) is 4.74 Å². The van der Waals surface area contributed by atoms with E-state index in [1.165, 1.54) is 0 Å². The van der Waals surface area contributed by atoms with Gasteiger partial charge in [0.1, 0.15) is 0 Å².